The first-order chi connectivity index (χ1) is 7.72. The molecule has 0 fully saturated rings. The van der Waals surface area contributed by atoms with Gasteiger partial charge in [-0.05, 0) is 5.56 Å². The minimum Gasteiger partial charge on any atom is -0.477 e. The number of rotatable bonds is 4. The molecule has 0 radical (unpaired) electrons. The molecule has 0 saturated carbocycles. The highest BCUT2D eigenvalue weighted by molar-refractivity contribution is 7.89. The lowest BCUT2D eigenvalue weighted by Crippen LogP contribution is -2.10. The number of nitrogens with zero attached hydrogens (tertiary/aromatic N) is 1. The van der Waals surface area contributed by atoms with Crippen LogP contribution in [-0.4, -0.2) is 30.7 Å². The molecule has 0 unspecified atom stereocenters. The highest BCUT2D eigenvalue weighted by Gasteiger charge is 2.24. The van der Waals surface area contributed by atoms with E-state index in [9.17, 15) is 23.3 Å². The Hall–Kier alpha value is -1.96. The van der Waals surface area contributed by atoms with Crippen LogP contribution in [0.25, 0.3) is 0 Å². The SMILES string of the molecule is CS(=O)(=O)Cc1cccc([N+](=O)[O-])c1C(=O)O. The summed E-state index contributed by atoms with van der Waals surface area (Å²) in [6.45, 7) is 0. The van der Waals surface area contributed by atoms with Crippen LogP contribution in [0.5, 0.6) is 0 Å². The van der Waals surface area contributed by atoms with Gasteiger partial charge in [-0.15, -0.1) is 0 Å². The predicted molar refractivity (Wildman–Crippen MR) is 58.6 cm³/mol. The van der Waals surface area contributed by atoms with E-state index in [1.165, 1.54) is 12.1 Å². The van der Waals surface area contributed by atoms with Crippen molar-refractivity contribution in [3.63, 3.8) is 0 Å². The molecular formula is C9H9NO6S. The lowest BCUT2D eigenvalue weighted by Gasteiger charge is -2.05. The van der Waals surface area contributed by atoms with Gasteiger partial charge in [0.05, 0.1) is 10.7 Å². The zero-order chi connectivity index (χ0) is 13.2. The van der Waals surface area contributed by atoms with E-state index in [2.05, 4.69) is 0 Å². The van der Waals surface area contributed by atoms with Crippen molar-refractivity contribution in [3.8, 4) is 0 Å². The molecule has 0 aliphatic carbocycles. The third kappa shape index (κ3) is 3.25. The van der Waals surface area contributed by atoms with Crippen LogP contribution >= 0.6 is 0 Å². The Kier molecular flexibility index (Phi) is 3.47. The average molecular weight is 259 g/mol. The fourth-order valence-corrected chi connectivity index (χ4v) is 2.19. The molecule has 8 heteroatoms. The summed E-state index contributed by atoms with van der Waals surface area (Å²) in [5.41, 5.74) is -1.28. The molecule has 1 rings (SSSR count). The van der Waals surface area contributed by atoms with Crippen LogP contribution in [0, 0.1) is 10.1 Å². The van der Waals surface area contributed by atoms with E-state index in [1.54, 1.807) is 0 Å². The number of carboxylic acid groups (broad SMARTS) is 1. The van der Waals surface area contributed by atoms with Crippen LogP contribution in [-0.2, 0) is 15.6 Å². The maximum absolute atomic E-state index is 11.1. The Morgan fingerprint density at radius 1 is 1.47 bits per heavy atom. The molecule has 7 nitrogen and oxygen atoms in total. The number of nitro groups is 1. The van der Waals surface area contributed by atoms with Crippen molar-refractivity contribution in [2.24, 2.45) is 0 Å². The number of carbonyl (C=O) groups is 1. The molecule has 1 aromatic rings. The summed E-state index contributed by atoms with van der Waals surface area (Å²) in [4.78, 5) is 20.7. The highest BCUT2D eigenvalue weighted by Crippen LogP contribution is 2.23. The van der Waals surface area contributed by atoms with Gasteiger partial charge in [-0.3, -0.25) is 10.1 Å². The normalized spacial score (nSPS) is 11.1. The second kappa shape index (κ2) is 4.50. The van der Waals surface area contributed by atoms with Crippen molar-refractivity contribution >= 4 is 21.5 Å². The van der Waals surface area contributed by atoms with Crippen molar-refractivity contribution < 1.29 is 23.2 Å². The van der Waals surface area contributed by atoms with E-state index >= 15 is 0 Å². The Labute approximate surface area is 96.8 Å². The number of aromatic carboxylic acids is 1. The van der Waals surface area contributed by atoms with Crippen molar-refractivity contribution in [2.45, 2.75) is 5.75 Å². The molecule has 92 valence electrons. The molecule has 0 aromatic heterocycles. The van der Waals surface area contributed by atoms with Gasteiger partial charge in [0, 0.05) is 12.3 Å². The molecule has 1 N–H and O–H groups in total. The first kappa shape index (κ1) is 13.1. The third-order valence-corrected chi connectivity index (χ3v) is 2.79. The molecule has 0 aliphatic rings. The van der Waals surface area contributed by atoms with Crippen molar-refractivity contribution in [1.29, 1.82) is 0 Å². The number of nitro benzene ring substituents is 1. The van der Waals surface area contributed by atoms with Crippen molar-refractivity contribution in [1.82, 2.24) is 0 Å². The van der Waals surface area contributed by atoms with Crippen LogP contribution in [0.4, 0.5) is 5.69 Å². The third-order valence-electron chi connectivity index (χ3n) is 1.96. The van der Waals surface area contributed by atoms with E-state index in [0.29, 0.717) is 0 Å². The summed E-state index contributed by atoms with van der Waals surface area (Å²) in [5.74, 6) is -2.06. The average Bonchev–Trinajstić information content (AvgIpc) is 2.14. The number of hydrogen-bond donors (Lipinski definition) is 1. The van der Waals surface area contributed by atoms with E-state index in [0.717, 1.165) is 12.3 Å². The smallest absolute Gasteiger partial charge is 0.343 e. The summed E-state index contributed by atoms with van der Waals surface area (Å²) in [6, 6.07) is 3.53. The second-order valence-corrected chi connectivity index (χ2v) is 5.58. The molecule has 0 bridgehead atoms. The molecule has 1 aromatic carbocycles. The molecule has 0 atom stereocenters. The van der Waals surface area contributed by atoms with Crippen LogP contribution in [0.2, 0.25) is 0 Å². The fraction of sp³-hybridized carbons (Fsp3) is 0.222. The minimum atomic E-state index is -3.46. The minimum absolute atomic E-state index is 0.0887. The van der Waals surface area contributed by atoms with E-state index < -0.39 is 37.7 Å². The van der Waals surface area contributed by atoms with Crippen LogP contribution < -0.4 is 0 Å². The first-order valence-electron chi connectivity index (χ1n) is 4.39. The predicted octanol–water partition coefficient (Wildman–Crippen LogP) is 0.838. The second-order valence-electron chi connectivity index (χ2n) is 3.44. The molecule has 0 amide bonds. The number of benzene rings is 1. The van der Waals surface area contributed by atoms with Gasteiger partial charge in [-0.2, -0.15) is 0 Å². The number of carboxylic acids is 1. The quantitative estimate of drug-likeness (QED) is 0.632. The summed E-state index contributed by atoms with van der Waals surface area (Å²) in [7, 11) is -3.46. The van der Waals surface area contributed by atoms with E-state index in [-0.39, 0.29) is 5.56 Å². The molecule has 0 aliphatic heterocycles. The topological polar surface area (TPSA) is 115 Å². The largest absolute Gasteiger partial charge is 0.477 e. The first-order valence-corrected chi connectivity index (χ1v) is 6.45. The number of sulfone groups is 1. The van der Waals surface area contributed by atoms with Crippen LogP contribution in [0.1, 0.15) is 15.9 Å². The summed E-state index contributed by atoms with van der Waals surface area (Å²) in [5, 5.41) is 19.5. The lowest BCUT2D eigenvalue weighted by molar-refractivity contribution is -0.385. The molecule has 0 heterocycles. The zero-order valence-electron chi connectivity index (χ0n) is 8.78. The lowest BCUT2D eigenvalue weighted by atomic mass is 10.1. The molecule has 0 saturated heterocycles. The van der Waals surface area contributed by atoms with E-state index in [4.69, 9.17) is 5.11 Å². The monoisotopic (exact) mass is 259 g/mol. The summed E-state index contributed by atoms with van der Waals surface area (Å²) < 4.78 is 22.2. The van der Waals surface area contributed by atoms with Gasteiger partial charge >= 0.3 is 5.97 Å². The van der Waals surface area contributed by atoms with Crippen LogP contribution in [0.15, 0.2) is 18.2 Å². The fourth-order valence-electron chi connectivity index (χ4n) is 1.39. The van der Waals surface area contributed by atoms with Gasteiger partial charge in [-0.1, -0.05) is 12.1 Å². The van der Waals surface area contributed by atoms with Gasteiger partial charge in [0.25, 0.3) is 5.69 Å². The Balaban J connectivity index is 3.46. The molecule has 17 heavy (non-hydrogen) atoms. The molecule has 0 spiro atoms. The van der Waals surface area contributed by atoms with E-state index in [1.807, 2.05) is 0 Å². The summed E-state index contributed by atoms with van der Waals surface area (Å²) >= 11 is 0. The van der Waals surface area contributed by atoms with Gasteiger partial charge < -0.3 is 5.11 Å². The Bertz CT molecular complexity index is 577. The standard InChI is InChI=1S/C9H9NO6S/c1-17(15,16)5-6-3-2-4-7(10(13)14)8(6)9(11)12/h2-4H,5H2,1H3,(H,11,12). The zero-order valence-corrected chi connectivity index (χ0v) is 9.60. The van der Waals surface area contributed by atoms with Crippen molar-refractivity contribution in [2.75, 3.05) is 6.26 Å². The highest BCUT2D eigenvalue weighted by atomic mass is 32.2. The van der Waals surface area contributed by atoms with Gasteiger partial charge in [0.1, 0.15) is 5.56 Å². The van der Waals surface area contributed by atoms with Gasteiger partial charge in [0.15, 0.2) is 9.84 Å². The summed E-state index contributed by atoms with van der Waals surface area (Å²) in [6.07, 6.45) is 0.928. The number of hydrogen-bond acceptors (Lipinski definition) is 5. The van der Waals surface area contributed by atoms with Gasteiger partial charge in [-0.25, -0.2) is 13.2 Å². The van der Waals surface area contributed by atoms with Gasteiger partial charge in [0.2, 0.25) is 0 Å². The Morgan fingerprint density at radius 2 is 2.06 bits per heavy atom. The maximum Gasteiger partial charge on any atom is 0.343 e. The molecular weight excluding hydrogens is 250 g/mol. The van der Waals surface area contributed by atoms with Crippen molar-refractivity contribution in [3.05, 3.63) is 39.4 Å². The van der Waals surface area contributed by atoms with Crippen LogP contribution in [0.3, 0.4) is 0 Å². The maximum atomic E-state index is 11.1. The Morgan fingerprint density at radius 3 is 2.47 bits per heavy atom.